The van der Waals surface area contributed by atoms with E-state index >= 15 is 0 Å². The van der Waals surface area contributed by atoms with Gasteiger partial charge in [-0.05, 0) is 31.0 Å². The van der Waals surface area contributed by atoms with E-state index in [-0.39, 0.29) is 18.3 Å². The van der Waals surface area contributed by atoms with Gasteiger partial charge < -0.3 is 24.8 Å². The third-order valence-corrected chi connectivity index (χ3v) is 4.08. The van der Waals surface area contributed by atoms with E-state index in [1.807, 2.05) is 12.1 Å². The van der Waals surface area contributed by atoms with E-state index in [0.717, 1.165) is 25.1 Å². The molecule has 0 fully saturated rings. The molecular formula is C18H27ClN2O4. The van der Waals surface area contributed by atoms with Gasteiger partial charge in [-0.25, -0.2) is 0 Å². The lowest BCUT2D eigenvalue weighted by molar-refractivity contribution is -0.120. The predicted molar refractivity (Wildman–Crippen MR) is 100 cm³/mol. The zero-order valence-electron chi connectivity index (χ0n) is 15.0. The zero-order chi connectivity index (χ0) is 17.4. The van der Waals surface area contributed by atoms with Gasteiger partial charge in [0.1, 0.15) is 0 Å². The lowest BCUT2D eigenvalue weighted by Gasteiger charge is -2.16. The summed E-state index contributed by atoms with van der Waals surface area (Å²) < 4.78 is 16.1. The van der Waals surface area contributed by atoms with Crippen LogP contribution >= 0.6 is 12.4 Å². The van der Waals surface area contributed by atoms with Crippen LogP contribution in [0.4, 0.5) is 0 Å². The first-order chi connectivity index (χ1) is 11.7. The number of aryl methyl sites for hydroxylation is 1. The van der Waals surface area contributed by atoms with Crippen LogP contribution in [0.15, 0.2) is 23.8 Å². The van der Waals surface area contributed by atoms with E-state index in [1.165, 1.54) is 5.57 Å². The van der Waals surface area contributed by atoms with Gasteiger partial charge >= 0.3 is 0 Å². The van der Waals surface area contributed by atoms with Crippen LogP contribution in [0.2, 0.25) is 0 Å². The maximum atomic E-state index is 12.1. The minimum Gasteiger partial charge on any atom is -0.493 e. The quantitative estimate of drug-likeness (QED) is 0.686. The Hall–Kier alpha value is -1.92. The van der Waals surface area contributed by atoms with Crippen LogP contribution in [-0.2, 0) is 11.2 Å². The number of carbonyl (C=O) groups excluding carboxylic acids is 1. The highest BCUT2D eigenvalue weighted by atomic mass is 35.5. The fourth-order valence-electron chi connectivity index (χ4n) is 2.74. The Morgan fingerprint density at radius 2 is 1.92 bits per heavy atom. The first-order valence-electron chi connectivity index (χ1n) is 8.12. The van der Waals surface area contributed by atoms with Crippen molar-refractivity contribution >= 4 is 18.3 Å². The van der Waals surface area contributed by atoms with E-state index in [0.29, 0.717) is 36.6 Å². The Kier molecular flexibility index (Phi) is 9.16. The summed E-state index contributed by atoms with van der Waals surface area (Å²) in [6, 6.07) is 3.73. The van der Waals surface area contributed by atoms with Crippen molar-refractivity contribution in [1.29, 1.82) is 0 Å². The Morgan fingerprint density at radius 1 is 1.16 bits per heavy atom. The second-order valence-electron chi connectivity index (χ2n) is 5.59. The molecule has 0 radical (unpaired) electrons. The molecule has 2 rings (SSSR count). The predicted octanol–water partition coefficient (Wildman–Crippen LogP) is 2.10. The van der Waals surface area contributed by atoms with Crippen LogP contribution in [0.5, 0.6) is 17.2 Å². The molecule has 0 bridgehead atoms. The van der Waals surface area contributed by atoms with Gasteiger partial charge in [0.05, 0.1) is 21.3 Å². The molecule has 1 amide bonds. The molecular weight excluding hydrogens is 344 g/mol. The molecule has 7 heteroatoms. The second kappa shape index (κ2) is 10.8. The van der Waals surface area contributed by atoms with Crippen LogP contribution < -0.4 is 24.8 Å². The summed E-state index contributed by atoms with van der Waals surface area (Å²) in [4.78, 5) is 12.1. The smallest absolute Gasteiger partial charge is 0.220 e. The van der Waals surface area contributed by atoms with E-state index in [9.17, 15) is 4.79 Å². The summed E-state index contributed by atoms with van der Waals surface area (Å²) in [5, 5.41) is 6.24. The van der Waals surface area contributed by atoms with Crippen LogP contribution in [0.25, 0.3) is 0 Å². The van der Waals surface area contributed by atoms with Crippen molar-refractivity contribution in [2.45, 2.75) is 19.3 Å². The second-order valence-corrected chi connectivity index (χ2v) is 5.59. The molecule has 0 unspecified atom stereocenters. The SMILES string of the molecule is COc1ccc(CCC(=O)NCC2=CCNCC2)c(OC)c1OC.Cl. The highest BCUT2D eigenvalue weighted by molar-refractivity contribution is 5.85. The van der Waals surface area contributed by atoms with Gasteiger partial charge in [0.15, 0.2) is 11.5 Å². The number of hydrogen-bond donors (Lipinski definition) is 2. The van der Waals surface area contributed by atoms with E-state index in [2.05, 4.69) is 16.7 Å². The summed E-state index contributed by atoms with van der Waals surface area (Å²) in [5.74, 6) is 1.81. The van der Waals surface area contributed by atoms with E-state index in [1.54, 1.807) is 21.3 Å². The summed E-state index contributed by atoms with van der Waals surface area (Å²) in [6.45, 7) is 2.49. The van der Waals surface area contributed by atoms with Crippen LogP contribution in [-0.4, -0.2) is 46.9 Å². The molecule has 0 atom stereocenters. The van der Waals surface area contributed by atoms with E-state index in [4.69, 9.17) is 14.2 Å². The number of carbonyl (C=O) groups is 1. The normalized spacial score (nSPS) is 13.3. The van der Waals surface area contributed by atoms with Crippen molar-refractivity contribution in [1.82, 2.24) is 10.6 Å². The largest absolute Gasteiger partial charge is 0.493 e. The summed E-state index contributed by atoms with van der Waals surface area (Å²) in [7, 11) is 4.74. The molecule has 25 heavy (non-hydrogen) atoms. The number of amides is 1. The van der Waals surface area contributed by atoms with Crippen molar-refractivity contribution in [3.8, 4) is 17.2 Å². The molecule has 2 N–H and O–H groups in total. The van der Waals surface area contributed by atoms with Gasteiger partial charge in [-0.15, -0.1) is 12.4 Å². The number of halogens is 1. The molecule has 1 aromatic carbocycles. The molecule has 1 aromatic rings. The van der Waals surface area contributed by atoms with Crippen LogP contribution in [0, 0.1) is 0 Å². The Bertz CT molecular complexity index is 605. The molecule has 1 heterocycles. The van der Waals surface area contributed by atoms with Crippen molar-refractivity contribution < 1.29 is 19.0 Å². The van der Waals surface area contributed by atoms with Crippen LogP contribution in [0.1, 0.15) is 18.4 Å². The number of nitrogens with one attached hydrogen (secondary N) is 2. The highest BCUT2D eigenvalue weighted by Crippen LogP contribution is 2.40. The molecule has 0 saturated carbocycles. The molecule has 140 valence electrons. The van der Waals surface area contributed by atoms with Gasteiger partial charge in [0, 0.05) is 19.5 Å². The summed E-state index contributed by atoms with van der Waals surface area (Å²) in [5.41, 5.74) is 2.21. The van der Waals surface area contributed by atoms with Crippen molar-refractivity contribution in [2.24, 2.45) is 0 Å². The molecule has 0 saturated heterocycles. The third kappa shape index (κ3) is 5.83. The molecule has 0 aliphatic carbocycles. The number of benzene rings is 1. The number of ether oxygens (including phenoxy) is 3. The molecule has 1 aliphatic rings. The van der Waals surface area contributed by atoms with Crippen molar-refractivity contribution in [3.05, 3.63) is 29.3 Å². The first kappa shape index (κ1) is 21.1. The fraction of sp³-hybridized carbons (Fsp3) is 0.500. The maximum absolute atomic E-state index is 12.1. The monoisotopic (exact) mass is 370 g/mol. The maximum Gasteiger partial charge on any atom is 0.220 e. The lowest BCUT2D eigenvalue weighted by atomic mass is 10.1. The average Bonchev–Trinajstić information content (AvgIpc) is 2.64. The number of methoxy groups -OCH3 is 3. The minimum absolute atomic E-state index is 0. The van der Waals surface area contributed by atoms with Gasteiger partial charge in [-0.1, -0.05) is 17.7 Å². The third-order valence-electron chi connectivity index (χ3n) is 4.08. The van der Waals surface area contributed by atoms with Gasteiger partial charge in [-0.3, -0.25) is 4.79 Å². The first-order valence-corrected chi connectivity index (χ1v) is 8.12. The standard InChI is InChI=1S/C18H26N2O4.ClH/c1-22-15-6-4-14(17(23-2)18(15)24-3)5-7-16(21)20-12-13-8-10-19-11-9-13;/h4,6,8,19H,5,7,9-12H2,1-3H3,(H,20,21);1H. The number of hydrogen-bond acceptors (Lipinski definition) is 5. The number of rotatable bonds is 8. The molecule has 6 nitrogen and oxygen atoms in total. The van der Waals surface area contributed by atoms with Gasteiger partial charge in [0.2, 0.25) is 11.7 Å². The zero-order valence-corrected chi connectivity index (χ0v) is 15.8. The highest BCUT2D eigenvalue weighted by Gasteiger charge is 2.16. The Balaban J connectivity index is 0.00000312. The molecule has 1 aliphatic heterocycles. The Labute approximate surface area is 155 Å². The fourth-order valence-corrected chi connectivity index (χ4v) is 2.74. The lowest BCUT2D eigenvalue weighted by Crippen LogP contribution is -2.29. The van der Waals surface area contributed by atoms with E-state index < -0.39 is 0 Å². The van der Waals surface area contributed by atoms with Gasteiger partial charge in [0.25, 0.3) is 0 Å². The van der Waals surface area contributed by atoms with Crippen molar-refractivity contribution in [2.75, 3.05) is 41.0 Å². The molecule has 0 spiro atoms. The minimum atomic E-state index is 0. The Morgan fingerprint density at radius 3 is 2.52 bits per heavy atom. The summed E-state index contributed by atoms with van der Waals surface area (Å²) >= 11 is 0. The van der Waals surface area contributed by atoms with Gasteiger partial charge in [-0.2, -0.15) is 0 Å². The average molecular weight is 371 g/mol. The van der Waals surface area contributed by atoms with Crippen molar-refractivity contribution in [3.63, 3.8) is 0 Å². The van der Waals surface area contributed by atoms with Crippen LogP contribution in [0.3, 0.4) is 0 Å². The summed E-state index contributed by atoms with van der Waals surface area (Å²) in [6.07, 6.45) is 4.11. The topological polar surface area (TPSA) is 68.8 Å². The molecule has 0 aromatic heterocycles.